The number of rotatable bonds is 3. The summed E-state index contributed by atoms with van der Waals surface area (Å²) in [6, 6.07) is 0.406. The highest BCUT2D eigenvalue weighted by atomic mass is 28.4. The molecule has 1 aliphatic carbocycles. The van der Waals surface area contributed by atoms with Crippen LogP contribution in [0, 0.1) is 5.92 Å². The highest BCUT2D eigenvalue weighted by molar-refractivity contribution is 6.72. The fourth-order valence-corrected chi connectivity index (χ4v) is 3.28. The molecule has 0 aromatic heterocycles. The lowest BCUT2D eigenvalue weighted by atomic mass is 9.81. The molecular formula is C12H27NOSi. The standard InChI is InChI=1S/C12H27NOSi/c1-12(2,15(3,4)14)9-10-6-5-7-11(13)8-10/h10-11,14H,5-9,13H2,1-4H3. The summed E-state index contributed by atoms with van der Waals surface area (Å²) in [5.74, 6) is 0.739. The summed E-state index contributed by atoms with van der Waals surface area (Å²) in [6.45, 7) is 8.55. The quantitative estimate of drug-likeness (QED) is 0.731. The van der Waals surface area contributed by atoms with Gasteiger partial charge in [0.05, 0.1) is 0 Å². The van der Waals surface area contributed by atoms with Gasteiger partial charge in [-0.3, -0.25) is 0 Å². The molecule has 15 heavy (non-hydrogen) atoms. The van der Waals surface area contributed by atoms with E-state index in [1.807, 2.05) is 0 Å². The van der Waals surface area contributed by atoms with E-state index in [0.717, 1.165) is 18.8 Å². The summed E-state index contributed by atoms with van der Waals surface area (Å²) in [5.41, 5.74) is 6.00. The average Bonchev–Trinajstić information content (AvgIpc) is 2.00. The SMILES string of the molecule is CC(C)(CC1CCCC(N)C1)[Si](C)(C)O. The Kier molecular flexibility index (Phi) is 4.01. The lowest BCUT2D eigenvalue weighted by Crippen LogP contribution is -2.41. The van der Waals surface area contributed by atoms with Crippen LogP contribution in [-0.4, -0.2) is 19.2 Å². The van der Waals surface area contributed by atoms with Crippen molar-refractivity contribution >= 4 is 8.32 Å². The molecular weight excluding hydrogens is 202 g/mol. The van der Waals surface area contributed by atoms with Crippen LogP contribution in [0.4, 0.5) is 0 Å². The minimum atomic E-state index is -2.03. The molecule has 0 radical (unpaired) electrons. The second kappa shape index (κ2) is 4.56. The van der Waals surface area contributed by atoms with Gasteiger partial charge in [0, 0.05) is 6.04 Å². The molecule has 0 amide bonds. The molecule has 2 nitrogen and oxygen atoms in total. The van der Waals surface area contributed by atoms with Crippen LogP contribution < -0.4 is 5.73 Å². The Labute approximate surface area is 95.4 Å². The first-order chi connectivity index (χ1) is 6.72. The van der Waals surface area contributed by atoms with Crippen molar-refractivity contribution in [2.45, 2.75) is 70.1 Å². The van der Waals surface area contributed by atoms with Crippen LogP contribution in [0.5, 0.6) is 0 Å². The van der Waals surface area contributed by atoms with Gasteiger partial charge in [-0.05, 0) is 43.3 Å². The predicted octanol–water partition coefficient (Wildman–Crippen LogP) is 2.87. The lowest BCUT2D eigenvalue weighted by Gasteiger charge is -2.39. The molecule has 2 unspecified atom stereocenters. The second-order valence-electron chi connectivity index (χ2n) is 6.44. The topological polar surface area (TPSA) is 46.2 Å². The molecule has 1 aliphatic rings. The van der Waals surface area contributed by atoms with Crippen LogP contribution in [0.1, 0.15) is 46.0 Å². The highest BCUT2D eigenvalue weighted by Gasteiger charge is 2.40. The van der Waals surface area contributed by atoms with Gasteiger partial charge >= 0.3 is 0 Å². The largest absolute Gasteiger partial charge is 0.432 e. The Bertz CT molecular complexity index is 210. The normalized spacial score (nSPS) is 29.2. The van der Waals surface area contributed by atoms with Crippen LogP contribution in [0.25, 0.3) is 0 Å². The molecule has 2 atom stereocenters. The predicted molar refractivity (Wildman–Crippen MR) is 68.3 cm³/mol. The van der Waals surface area contributed by atoms with Gasteiger partial charge in [-0.15, -0.1) is 0 Å². The van der Waals surface area contributed by atoms with E-state index in [-0.39, 0.29) is 5.04 Å². The Balaban J connectivity index is 2.53. The molecule has 0 heterocycles. The van der Waals surface area contributed by atoms with Gasteiger partial charge in [-0.25, -0.2) is 0 Å². The third-order valence-corrected chi connectivity index (χ3v) is 7.80. The zero-order valence-electron chi connectivity index (χ0n) is 10.7. The van der Waals surface area contributed by atoms with Crippen LogP contribution in [-0.2, 0) is 0 Å². The molecule has 0 spiro atoms. The van der Waals surface area contributed by atoms with E-state index in [0.29, 0.717) is 6.04 Å². The summed E-state index contributed by atoms with van der Waals surface area (Å²) >= 11 is 0. The zero-order chi connectivity index (χ0) is 11.7. The van der Waals surface area contributed by atoms with Crippen molar-refractivity contribution in [3.63, 3.8) is 0 Å². The van der Waals surface area contributed by atoms with E-state index in [4.69, 9.17) is 5.73 Å². The molecule has 3 N–H and O–H groups in total. The number of hydrogen-bond acceptors (Lipinski definition) is 2. The highest BCUT2D eigenvalue weighted by Crippen LogP contribution is 2.44. The summed E-state index contributed by atoms with van der Waals surface area (Å²) in [5, 5.41) is 0.120. The molecule has 0 saturated heterocycles. The van der Waals surface area contributed by atoms with E-state index >= 15 is 0 Å². The van der Waals surface area contributed by atoms with Crippen molar-refractivity contribution in [3.05, 3.63) is 0 Å². The molecule has 1 rings (SSSR count). The summed E-state index contributed by atoms with van der Waals surface area (Å²) in [7, 11) is -2.03. The zero-order valence-corrected chi connectivity index (χ0v) is 11.7. The molecule has 0 aromatic rings. The Morgan fingerprint density at radius 2 is 1.93 bits per heavy atom. The van der Waals surface area contributed by atoms with Crippen LogP contribution in [0.2, 0.25) is 18.1 Å². The van der Waals surface area contributed by atoms with Crippen molar-refractivity contribution in [2.75, 3.05) is 0 Å². The van der Waals surface area contributed by atoms with Crippen LogP contribution in [0.3, 0.4) is 0 Å². The molecule has 0 bridgehead atoms. The molecule has 1 saturated carbocycles. The van der Waals surface area contributed by atoms with Crippen LogP contribution >= 0.6 is 0 Å². The third kappa shape index (κ3) is 3.57. The van der Waals surface area contributed by atoms with E-state index < -0.39 is 8.32 Å². The van der Waals surface area contributed by atoms with E-state index in [2.05, 4.69) is 26.9 Å². The molecule has 3 heteroatoms. The molecule has 0 aliphatic heterocycles. The fourth-order valence-electron chi connectivity index (χ4n) is 2.49. The average molecular weight is 229 g/mol. The van der Waals surface area contributed by atoms with E-state index in [1.54, 1.807) is 0 Å². The minimum Gasteiger partial charge on any atom is -0.432 e. The van der Waals surface area contributed by atoms with Crippen molar-refractivity contribution in [3.8, 4) is 0 Å². The number of nitrogens with two attached hydrogens (primary N) is 1. The Hall–Kier alpha value is 0.137. The van der Waals surface area contributed by atoms with E-state index in [1.165, 1.54) is 19.3 Å². The first-order valence-electron chi connectivity index (χ1n) is 6.20. The number of hydrogen-bond donors (Lipinski definition) is 2. The maximum atomic E-state index is 10.2. The first kappa shape index (κ1) is 13.2. The summed E-state index contributed by atoms with van der Waals surface area (Å²) in [4.78, 5) is 10.2. The monoisotopic (exact) mass is 229 g/mol. The first-order valence-corrected chi connectivity index (χ1v) is 9.15. The van der Waals surface area contributed by atoms with Crippen molar-refractivity contribution in [1.29, 1.82) is 0 Å². The summed E-state index contributed by atoms with van der Waals surface area (Å²) in [6.07, 6.45) is 6.08. The van der Waals surface area contributed by atoms with Gasteiger partial charge in [-0.2, -0.15) is 0 Å². The molecule has 90 valence electrons. The van der Waals surface area contributed by atoms with Gasteiger partial charge in [0.15, 0.2) is 8.32 Å². The smallest absolute Gasteiger partial charge is 0.188 e. The van der Waals surface area contributed by atoms with Gasteiger partial charge in [0.1, 0.15) is 0 Å². The summed E-state index contributed by atoms with van der Waals surface area (Å²) < 4.78 is 0. The van der Waals surface area contributed by atoms with Gasteiger partial charge in [-0.1, -0.05) is 26.7 Å². The molecule has 0 aromatic carbocycles. The third-order valence-electron chi connectivity index (χ3n) is 4.28. The maximum Gasteiger partial charge on any atom is 0.188 e. The Morgan fingerprint density at radius 3 is 2.40 bits per heavy atom. The van der Waals surface area contributed by atoms with Crippen molar-refractivity contribution < 1.29 is 4.80 Å². The van der Waals surface area contributed by atoms with Crippen molar-refractivity contribution in [2.24, 2.45) is 11.7 Å². The van der Waals surface area contributed by atoms with Gasteiger partial charge in [0.25, 0.3) is 0 Å². The van der Waals surface area contributed by atoms with Crippen LogP contribution in [0.15, 0.2) is 0 Å². The second-order valence-corrected chi connectivity index (χ2v) is 10.9. The van der Waals surface area contributed by atoms with Gasteiger partial charge < -0.3 is 10.5 Å². The van der Waals surface area contributed by atoms with Crippen molar-refractivity contribution in [1.82, 2.24) is 0 Å². The minimum absolute atomic E-state index is 0.120. The molecule has 1 fully saturated rings. The fraction of sp³-hybridized carbons (Fsp3) is 1.00. The van der Waals surface area contributed by atoms with Gasteiger partial charge in [0.2, 0.25) is 0 Å². The lowest BCUT2D eigenvalue weighted by molar-refractivity contribution is 0.272. The Morgan fingerprint density at radius 1 is 1.33 bits per heavy atom. The van der Waals surface area contributed by atoms with E-state index in [9.17, 15) is 4.80 Å². The maximum absolute atomic E-state index is 10.2.